The summed E-state index contributed by atoms with van der Waals surface area (Å²) in [6, 6.07) is 11.0. The predicted molar refractivity (Wildman–Crippen MR) is 91.4 cm³/mol. The van der Waals surface area contributed by atoms with Crippen LogP contribution in [0.4, 0.5) is 0 Å². The van der Waals surface area contributed by atoms with Gasteiger partial charge in [-0.25, -0.2) is 0 Å². The molecule has 0 saturated carbocycles. The lowest BCUT2D eigenvalue weighted by molar-refractivity contribution is -0.138. The third-order valence-corrected chi connectivity index (χ3v) is 3.99. The molecule has 24 heavy (non-hydrogen) atoms. The molecule has 0 spiro atoms. The molecule has 1 N–H and O–H groups in total. The number of carboxylic acid groups (broad SMARTS) is 1. The zero-order valence-corrected chi connectivity index (χ0v) is 14.3. The Morgan fingerprint density at radius 1 is 0.958 bits per heavy atom. The molecule has 2 rings (SSSR count). The molecule has 0 bridgehead atoms. The van der Waals surface area contributed by atoms with E-state index in [1.54, 1.807) is 33.5 Å². The van der Waals surface area contributed by atoms with Crippen LogP contribution in [0.3, 0.4) is 0 Å². The second kappa shape index (κ2) is 7.73. The highest BCUT2D eigenvalue weighted by Crippen LogP contribution is 2.37. The molecule has 1 unspecified atom stereocenters. The van der Waals surface area contributed by atoms with Crippen molar-refractivity contribution >= 4 is 5.97 Å². The number of benzene rings is 2. The summed E-state index contributed by atoms with van der Waals surface area (Å²) in [6.45, 7) is 1.97. The molecule has 0 aliphatic heterocycles. The van der Waals surface area contributed by atoms with Crippen LogP contribution in [0, 0.1) is 6.92 Å². The van der Waals surface area contributed by atoms with Crippen molar-refractivity contribution < 1.29 is 24.1 Å². The number of carboxylic acids is 1. The van der Waals surface area contributed by atoms with Crippen molar-refractivity contribution in [1.82, 2.24) is 0 Å². The van der Waals surface area contributed by atoms with Gasteiger partial charge in [-0.15, -0.1) is 0 Å². The Bertz CT molecular complexity index is 706. The van der Waals surface area contributed by atoms with Gasteiger partial charge in [0.1, 0.15) is 5.75 Å². The first-order chi connectivity index (χ1) is 11.5. The highest BCUT2D eigenvalue weighted by atomic mass is 16.5. The Morgan fingerprint density at radius 2 is 1.50 bits per heavy atom. The number of hydrogen-bond acceptors (Lipinski definition) is 4. The number of hydrogen-bond donors (Lipinski definition) is 1. The summed E-state index contributed by atoms with van der Waals surface area (Å²) in [5, 5.41) is 9.65. The highest BCUT2D eigenvalue weighted by Gasteiger charge is 2.23. The zero-order valence-electron chi connectivity index (χ0n) is 14.3. The van der Waals surface area contributed by atoms with Gasteiger partial charge in [-0.1, -0.05) is 29.8 Å². The van der Waals surface area contributed by atoms with Crippen molar-refractivity contribution in [3.8, 4) is 17.2 Å². The van der Waals surface area contributed by atoms with Crippen molar-refractivity contribution in [3.63, 3.8) is 0 Å². The molecule has 5 nitrogen and oxygen atoms in total. The molecule has 0 saturated heterocycles. The SMILES string of the molecule is COc1cc(OC)c(OC)cc1CC(C(=O)O)c1ccc(C)cc1. The summed E-state index contributed by atoms with van der Waals surface area (Å²) < 4.78 is 16.0. The molecular formula is C19H22O5. The fourth-order valence-electron chi connectivity index (χ4n) is 2.62. The normalized spacial score (nSPS) is 11.7. The maximum atomic E-state index is 11.8. The molecule has 5 heteroatoms. The van der Waals surface area contributed by atoms with Crippen LogP contribution < -0.4 is 14.2 Å². The minimum atomic E-state index is -0.879. The molecule has 0 heterocycles. The molecule has 1 atom stereocenters. The van der Waals surface area contributed by atoms with E-state index in [0.717, 1.165) is 16.7 Å². The highest BCUT2D eigenvalue weighted by molar-refractivity contribution is 5.77. The van der Waals surface area contributed by atoms with Crippen molar-refractivity contribution in [1.29, 1.82) is 0 Å². The number of ether oxygens (including phenoxy) is 3. The smallest absolute Gasteiger partial charge is 0.311 e. The van der Waals surface area contributed by atoms with E-state index in [-0.39, 0.29) is 0 Å². The molecule has 0 fully saturated rings. The quantitative estimate of drug-likeness (QED) is 0.842. The van der Waals surface area contributed by atoms with E-state index in [9.17, 15) is 9.90 Å². The summed E-state index contributed by atoms with van der Waals surface area (Å²) in [5.74, 6) is 0.112. The maximum Gasteiger partial charge on any atom is 0.311 e. The minimum absolute atomic E-state index is 0.294. The van der Waals surface area contributed by atoms with Crippen LogP contribution >= 0.6 is 0 Å². The number of aliphatic carboxylic acids is 1. The molecule has 0 aliphatic rings. The van der Waals surface area contributed by atoms with E-state index in [1.807, 2.05) is 31.2 Å². The van der Waals surface area contributed by atoms with Gasteiger partial charge in [0, 0.05) is 6.07 Å². The molecule has 0 radical (unpaired) electrons. The Kier molecular flexibility index (Phi) is 5.68. The average molecular weight is 330 g/mol. The Hall–Kier alpha value is -2.69. The Labute approximate surface area is 141 Å². The van der Waals surface area contributed by atoms with Gasteiger partial charge < -0.3 is 19.3 Å². The van der Waals surface area contributed by atoms with Gasteiger partial charge >= 0.3 is 5.97 Å². The first-order valence-electron chi connectivity index (χ1n) is 7.58. The summed E-state index contributed by atoms with van der Waals surface area (Å²) in [5.41, 5.74) is 2.60. The summed E-state index contributed by atoms with van der Waals surface area (Å²) in [7, 11) is 4.64. The monoisotopic (exact) mass is 330 g/mol. The zero-order chi connectivity index (χ0) is 17.7. The fraction of sp³-hybridized carbons (Fsp3) is 0.316. The number of carbonyl (C=O) groups is 1. The number of methoxy groups -OCH3 is 3. The largest absolute Gasteiger partial charge is 0.496 e. The van der Waals surface area contributed by atoms with Gasteiger partial charge in [-0.2, -0.15) is 0 Å². The van der Waals surface area contributed by atoms with E-state index in [2.05, 4.69) is 0 Å². The lowest BCUT2D eigenvalue weighted by Crippen LogP contribution is -2.15. The van der Waals surface area contributed by atoms with Crippen LogP contribution in [0.25, 0.3) is 0 Å². The molecule has 0 aromatic heterocycles. The summed E-state index contributed by atoms with van der Waals surface area (Å²) >= 11 is 0. The maximum absolute atomic E-state index is 11.8. The first kappa shape index (κ1) is 17.7. The lowest BCUT2D eigenvalue weighted by Gasteiger charge is -2.18. The molecule has 128 valence electrons. The van der Waals surface area contributed by atoms with E-state index in [1.165, 1.54) is 0 Å². The van der Waals surface area contributed by atoms with Crippen LogP contribution in [-0.2, 0) is 11.2 Å². The van der Waals surface area contributed by atoms with E-state index in [0.29, 0.717) is 23.7 Å². The topological polar surface area (TPSA) is 65.0 Å². The van der Waals surface area contributed by atoms with E-state index < -0.39 is 11.9 Å². The van der Waals surface area contributed by atoms with Crippen LogP contribution in [0.15, 0.2) is 36.4 Å². The number of rotatable bonds is 7. The van der Waals surface area contributed by atoms with Gasteiger partial charge in [0.15, 0.2) is 11.5 Å². The van der Waals surface area contributed by atoms with Crippen LogP contribution in [0.2, 0.25) is 0 Å². The van der Waals surface area contributed by atoms with Crippen molar-refractivity contribution in [3.05, 3.63) is 53.1 Å². The Morgan fingerprint density at radius 3 is 2.00 bits per heavy atom. The molecule has 2 aromatic rings. The summed E-state index contributed by atoms with van der Waals surface area (Å²) in [4.78, 5) is 11.8. The lowest BCUT2D eigenvalue weighted by atomic mass is 9.91. The van der Waals surface area contributed by atoms with Gasteiger partial charge in [-0.05, 0) is 30.5 Å². The van der Waals surface area contributed by atoms with E-state index >= 15 is 0 Å². The van der Waals surface area contributed by atoms with Gasteiger partial charge in [-0.3, -0.25) is 4.79 Å². The molecule has 0 amide bonds. The third kappa shape index (κ3) is 3.79. The van der Waals surface area contributed by atoms with Crippen LogP contribution in [-0.4, -0.2) is 32.4 Å². The van der Waals surface area contributed by atoms with Gasteiger partial charge in [0.2, 0.25) is 0 Å². The number of aryl methyl sites for hydroxylation is 1. The van der Waals surface area contributed by atoms with Crippen molar-refractivity contribution in [2.24, 2.45) is 0 Å². The standard InChI is InChI=1S/C19H22O5/c1-12-5-7-13(8-6-12)15(19(20)21)9-14-10-17(23-3)18(24-4)11-16(14)22-2/h5-8,10-11,15H,9H2,1-4H3,(H,20,21). The third-order valence-electron chi connectivity index (χ3n) is 3.99. The van der Waals surface area contributed by atoms with E-state index in [4.69, 9.17) is 14.2 Å². The van der Waals surface area contributed by atoms with Crippen molar-refractivity contribution in [2.75, 3.05) is 21.3 Å². The molecule has 2 aromatic carbocycles. The minimum Gasteiger partial charge on any atom is -0.496 e. The molecule has 0 aliphatic carbocycles. The van der Waals surface area contributed by atoms with Crippen LogP contribution in [0.1, 0.15) is 22.6 Å². The second-order valence-electron chi connectivity index (χ2n) is 5.52. The predicted octanol–water partition coefficient (Wildman–Crippen LogP) is 3.43. The average Bonchev–Trinajstić information content (AvgIpc) is 2.59. The molecular weight excluding hydrogens is 308 g/mol. The Balaban J connectivity index is 2.42. The first-order valence-corrected chi connectivity index (χ1v) is 7.58. The summed E-state index contributed by atoms with van der Waals surface area (Å²) in [6.07, 6.45) is 0.294. The van der Waals surface area contributed by atoms with Gasteiger partial charge in [0.05, 0.1) is 27.2 Å². The van der Waals surface area contributed by atoms with Crippen molar-refractivity contribution in [2.45, 2.75) is 19.3 Å². The van der Waals surface area contributed by atoms with Gasteiger partial charge in [0.25, 0.3) is 0 Å². The fourth-order valence-corrected chi connectivity index (χ4v) is 2.62. The van der Waals surface area contributed by atoms with Crippen LogP contribution in [0.5, 0.6) is 17.2 Å². The second-order valence-corrected chi connectivity index (χ2v) is 5.52.